The standard InChI is InChI=1S/C13H25N3.C3H6/c1-2-15-5-3-12(4-6-15)7-16-10-13(11-16)8-14-9-13;1-3-2/h12,14H,2-11H2,1H3;3H,1H2,2H3. The van der Waals surface area contributed by atoms with Gasteiger partial charge in [0.2, 0.25) is 0 Å². The van der Waals surface area contributed by atoms with Crippen LogP contribution in [-0.4, -0.2) is 62.2 Å². The highest BCUT2D eigenvalue weighted by Gasteiger charge is 2.47. The van der Waals surface area contributed by atoms with Gasteiger partial charge in [0.1, 0.15) is 0 Å². The molecule has 3 fully saturated rings. The molecule has 0 aromatic carbocycles. The average molecular weight is 265 g/mol. The highest BCUT2D eigenvalue weighted by molar-refractivity contribution is 5.04. The number of allylic oxidation sites excluding steroid dienone is 1. The van der Waals surface area contributed by atoms with E-state index in [1.54, 1.807) is 6.08 Å². The molecular weight excluding hydrogens is 234 g/mol. The van der Waals surface area contributed by atoms with Gasteiger partial charge in [-0.05, 0) is 45.3 Å². The number of hydrogen-bond acceptors (Lipinski definition) is 3. The molecule has 0 aromatic rings. The molecule has 3 saturated heterocycles. The number of likely N-dealkylation sites (tertiary alicyclic amines) is 2. The van der Waals surface area contributed by atoms with Gasteiger partial charge in [0.05, 0.1) is 0 Å². The first-order valence-corrected chi connectivity index (χ1v) is 7.94. The minimum atomic E-state index is 0.712. The number of piperidine rings is 1. The Kier molecular flexibility index (Phi) is 5.43. The molecule has 3 heteroatoms. The van der Waals surface area contributed by atoms with Gasteiger partial charge in [-0.2, -0.15) is 0 Å². The highest BCUT2D eigenvalue weighted by Crippen LogP contribution is 2.35. The average Bonchev–Trinajstić information content (AvgIpc) is 2.33. The molecule has 0 atom stereocenters. The van der Waals surface area contributed by atoms with Gasteiger partial charge < -0.3 is 15.1 Å². The fraction of sp³-hybridized carbons (Fsp3) is 0.875. The Hall–Kier alpha value is -0.380. The molecule has 3 aliphatic rings. The molecule has 0 amide bonds. The Labute approximate surface area is 119 Å². The monoisotopic (exact) mass is 265 g/mol. The molecule has 0 unspecified atom stereocenters. The van der Waals surface area contributed by atoms with E-state index in [0.717, 1.165) is 5.92 Å². The van der Waals surface area contributed by atoms with E-state index in [1.165, 1.54) is 65.2 Å². The molecule has 1 spiro atoms. The normalized spacial score (nSPS) is 27.1. The van der Waals surface area contributed by atoms with Gasteiger partial charge in [0.15, 0.2) is 0 Å². The number of rotatable bonds is 3. The SMILES string of the molecule is C=CC.CCN1CCC(CN2CC3(CNC3)C2)CC1. The summed E-state index contributed by atoms with van der Waals surface area (Å²) in [5.74, 6) is 0.980. The van der Waals surface area contributed by atoms with E-state index in [2.05, 4.69) is 28.6 Å². The Bertz CT molecular complexity index is 270. The van der Waals surface area contributed by atoms with Gasteiger partial charge in [0, 0.05) is 38.1 Å². The van der Waals surface area contributed by atoms with Crippen LogP contribution in [0.4, 0.5) is 0 Å². The van der Waals surface area contributed by atoms with Crippen LogP contribution in [-0.2, 0) is 0 Å². The summed E-state index contributed by atoms with van der Waals surface area (Å²) in [5.41, 5.74) is 0.712. The molecule has 3 rings (SSSR count). The second kappa shape index (κ2) is 6.87. The summed E-state index contributed by atoms with van der Waals surface area (Å²) in [6.07, 6.45) is 4.60. The zero-order valence-electron chi connectivity index (χ0n) is 12.8. The second-order valence-corrected chi connectivity index (χ2v) is 6.56. The fourth-order valence-corrected chi connectivity index (χ4v) is 3.58. The maximum absolute atomic E-state index is 3.41. The lowest BCUT2D eigenvalue weighted by molar-refractivity contribution is -0.0510. The predicted molar refractivity (Wildman–Crippen MR) is 82.5 cm³/mol. The van der Waals surface area contributed by atoms with E-state index in [4.69, 9.17) is 0 Å². The van der Waals surface area contributed by atoms with Crippen LogP contribution in [0.3, 0.4) is 0 Å². The van der Waals surface area contributed by atoms with E-state index in [-0.39, 0.29) is 0 Å². The molecule has 0 bridgehead atoms. The summed E-state index contributed by atoms with van der Waals surface area (Å²) in [7, 11) is 0. The van der Waals surface area contributed by atoms with Gasteiger partial charge in [-0.1, -0.05) is 13.0 Å². The zero-order valence-corrected chi connectivity index (χ0v) is 12.8. The van der Waals surface area contributed by atoms with Crippen molar-refractivity contribution in [1.82, 2.24) is 15.1 Å². The van der Waals surface area contributed by atoms with Gasteiger partial charge >= 0.3 is 0 Å². The van der Waals surface area contributed by atoms with Crippen molar-refractivity contribution in [3.63, 3.8) is 0 Å². The Morgan fingerprint density at radius 3 is 2.21 bits per heavy atom. The molecule has 1 N–H and O–H groups in total. The van der Waals surface area contributed by atoms with E-state index in [0.29, 0.717) is 5.41 Å². The van der Waals surface area contributed by atoms with Crippen molar-refractivity contribution in [2.45, 2.75) is 26.7 Å². The summed E-state index contributed by atoms with van der Waals surface area (Å²) in [5, 5.41) is 3.41. The molecule has 3 aliphatic heterocycles. The lowest BCUT2D eigenvalue weighted by atomic mass is 9.74. The molecule has 0 aliphatic carbocycles. The minimum absolute atomic E-state index is 0.712. The predicted octanol–water partition coefficient (Wildman–Crippen LogP) is 1.82. The van der Waals surface area contributed by atoms with Crippen molar-refractivity contribution in [3.05, 3.63) is 12.7 Å². The lowest BCUT2D eigenvalue weighted by Gasteiger charge is -2.57. The number of nitrogens with zero attached hydrogens (tertiary/aromatic N) is 2. The molecular formula is C16H31N3. The summed E-state index contributed by atoms with van der Waals surface area (Å²) in [4.78, 5) is 5.27. The minimum Gasteiger partial charge on any atom is -0.315 e. The summed E-state index contributed by atoms with van der Waals surface area (Å²) >= 11 is 0. The lowest BCUT2D eigenvalue weighted by Crippen LogP contribution is -2.71. The smallest absolute Gasteiger partial charge is 0.0207 e. The van der Waals surface area contributed by atoms with Crippen molar-refractivity contribution in [2.75, 3.05) is 52.4 Å². The first kappa shape index (κ1) is 15.0. The summed E-state index contributed by atoms with van der Waals surface area (Å²) in [6, 6.07) is 0. The molecule has 19 heavy (non-hydrogen) atoms. The van der Waals surface area contributed by atoms with Crippen molar-refractivity contribution in [2.24, 2.45) is 11.3 Å². The first-order chi connectivity index (χ1) is 9.21. The molecule has 0 aromatic heterocycles. The Balaban J connectivity index is 0.000000408. The fourth-order valence-electron chi connectivity index (χ4n) is 3.58. The molecule has 3 heterocycles. The van der Waals surface area contributed by atoms with Crippen molar-refractivity contribution < 1.29 is 0 Å². The van der Waals surface area contributed by atoms with Crippen molar-refractivity contribution in [1.29, 1.82) is 0 Å². The van der Waals surface area contributed by atoms with Crippen molar-refractivity contribution in [3.8, 4) is 0 Å². The van der Waals surface area contributed by atoms with Gasteiger partial charge in [-0.25, -0.2) is 0 Å². The van der Waals surface area contributed by atoms with Crippen LogP contribution in [0, 0.1) is 11.3 Å². The van der Waals surface area contributed by atoms with Crippen LogP contribution in [0.1, 0.15) is 26.7 Å². The zero-order chi connectivity index (χ0) is 13.7. The quantitative estimate of drug-likeness (QED) is 0.785. The third-order valence-corrected chi connectivity index (χ3v) is 4.79. The van der Waals surface area contributed by atoms with E-state index >= 15 is 0 Å². The van der Waals surface area contributed by atoms with Crippen LogP contribution in [0.5, 0.6) is 0 Å². The van der Waals surface area contributed by atoms with Gasteiger partial charge in [-0.3, -0.25) is 0 Å². The molecule has 110 valence electrons. The summed E-state index contributed by atoms with van der Waals surface area (Å²) in [6.45, 7) is 18.1. The van der Waals surface area contributed by atoms with Gasteiger partial charge in [0.25, 0.3) is 0 Å². The molecule has 0 saturated carbocycles. The number of nitrogens with one attached hydrogen (secondary N) is 1. The maximum atomic E-state index is 3.41. The van der Waals surface area contributed by atoms with Crippen LogP contribution in [0.15, 0.2) is 12.7 Å². The van der Waals surface area contributed by atoms with Crippen LogP contribution < -0.4 is 5.32 Å². The van der Waals surface area contributed by atoms with Crippen LogP contribution in [0.25, 0.3) is 0 Å². The molecule has 3 nitrogen and oxygen atoms in total. The van der Waals surface area contributed by atoms with Crippen LogP contribution >= 0.6 is 0 Å². The largest absolute Gasteiger partial charge is 0.315 e. The first-order valence-electron chi connectivity index (χ1n) is 7.94. The second-order valence-electron chi connectivity index (χ2n) is 6.56. The highest BCUT2D eigenvalue weighted by atomic mass is 15.3. The van der Waals surface area contributed by atoms with Crippen LogP contribution in [0.2, 0.25) is 0 Å². The van der Waals surface area contributed by atoms with Crippen molar-refractivity contribution >= 4 is 0 Å². The third kappa shape index (κ3) is 3.80. The topological polar surface area (TPSA) is 18.5 Å². The Morgan fingerprint density at radius 1 is 1.21 bits per heavy atom. The number of hydrogen-bond donors (Lipinski definition) is 1. The van der Waals surface area contributed by atoms with E-state index < -0.39 is 0 Å². The van der Waals surface area contributed by atoms with E-state index in [1.807, 2.05) is 6.92 Å². The van der Waals surface area contributed by atoms with Gasteiger partial charge in [-0.15, -0.1) is 6.58 Å². The maximum Gasteiger partial charge on any atom is 0.0207 e. The third-order valence-electron chi connectivity index (χ3n) is 4.79. The summed E-state index contributed by atoms with van der Waals surface area (Å²) < 4.78 is 0. The Morgan fingerprint density at radius 2 is 1.79 bits per heavy atom. The van der Waals surface area contributed by atoms with E-state index in [9.17, 15) is 0 Å². The molecule has 0 radical (unpaired) electrons.